The summed E-state index contributed by atoms with van der Waals surface area (Å²) >= 11 is 0. The summed E-state index contributed by atoms with van der Waals surface area (Å²) in [7, 11) is 1.82. The van der Waals surface area contributed by atoms with Crippen LogP contribution in [0.4, 0.5) is 10.5 Å². The van der Waals surface area contributed by atoms with Gasteiger partial charge in [0.05, 0.1) is 12.2 Å². The monoisotopic (exact) mass is 338 g/mol. The first-order valence-corrected chi connectivity index (χ1v) is 8.46. The summed E-state index contributed by atoms with van der Waals surface area (Å²) in [5.74, 6) is -0.360. The van der Waals surface area contributed by atoms with Crippen molar-refractivity contribution >= 4 is 17.7 Å². The Morgan fingerprint density at radius 1 is 1.08 bits per heavy atom. The molecule has 130 valence electrons. The number of carbonyl (C=O) groups is 2. The molecule has 5 heteroatoms. The maximum absolute atomic E-state index is 12.5. The second kappa shape index (κ2) is 7.38. The van der Waals surface area contributed by atoms with E-state index in [0.717, 1.165) is 12.8 Å². The number of benzene rings is 2. The van der Waals surface area contributed by atoms with Crippen LogP contribution in [0, 0.1) is 0 Å². The number of ether oxygens (including phenoxy) is 1. The van der Waals surface area contributed by atoms with Gasteiger partial charge in [-0.15, -0.1) is 0 Å². The van der Waals surface area contributed by atoms with Crippen molar-refractivity contribution in [3.05, 3.63) is 65.2 Å². The predicted octanol–water partition coefficient (Wildman–Crippen LogP) is 3.49. The predicted molar refractivity (Wildman–Crippen MR) is 96.8 cm³/mol. The number of anilines is 1. The first-order chi connectivity index (χ1) is 12.1. The van der Waals surface area contributed by atoms with E-state index < -0.39 is 0 Å². The average molecular weight is 338 g/mol. The molecule has 0 aromatic heterocycles. The van der Waals surface area contributed by atoms with Gasteiger partial charge in [0.1, 0.15) is 0 Å². The van der Waals surface area contributed by atoms with E-state index in [9.17, 15) is 9.59 Å². The number of urea groups is 1. The van der Waals surface area contributed by atoms with E-state index in [4.69, 9.17) is 4.74 Å². The molecule has 0 unspecified atom stereocenters. The minimum Gasteiger partial charge on any atom is -0.462 e. The number of nitrogens with zero attached hydrogens (tertiary/aromatic N) is 1. The molecule has 0 atom stereocenters. The van der Waals surface area contributed by atoms with Crippen molar-refractivity contribution in [2.45, 2.75) is 25.8 Å². The maximum atomic E-state index is 12.5. The van der Waals surface area contributed by atoms with Gasteiger partial charge >= 0.3 is 12.0 Å². The molecule has 2 aromatic rings. The Labute approximate surface area is 147 Å². The molecule has 0 spiro atoms. The highest BCUT2D eigenvalue weighted by atomic mass is 16.5. The van der Waals surface area contributed by atoms with Crippen molar-refractivity contribution < 1.29 is 14.3 Å². The smallest absolute Gasteiger partial charge is 0.338 e. The summed E-state index contributed by atoms with van der Waals surface area (Å²) in [6.07, 6.45) is 1.75. The molecule has 0 saturated carbocycles. The quantitative estimate of drug-likeness (QED) is 0.868. The molecule has 1 aliphatic rings. The molecule has 2 aromatic carbocycles. The van der Waals surface area contributed by atoms with Crippen LogP contribution < -0.4 is 5.32 Å². The van der Waals surface area contributed by atoms with Crippen LogP contribution in [0.1, 0.15) is 28.4 Å². The highest BCUT2D eigenvalue weighted by Crippen LogP contribution is 2.25. The van der Waals surface area contributed by atoms with E-state index in [-0.39, 0.29) is 18.0 Å². The second-order valence-electron chi connectivity index (χ2n) is 6.17. The summed E-state index contributed by atoms with van der Waals surface area (Å²) in [4.78, 5) is 25.9. The highest BCUT2D eigenvalue weighted by molar-refractivity contribution is 5.92. The van der Waals surface area contributed by atoms with Crippen LogP contribution in [-0.2, 0) is 17.6 Å². The molecule has 1 N–H and O–H groups in total. The molecule has 0 aliphatic heterocycles. The van der Waals surface area contributed by atoms with Crippen molar-refractivity contribution in [3.8, 4) is 0 Å². The SMILES string of the molecule is CCOC(=O)c1ccc(NC(=O)N(C)C2Cc3ccccc3C2)cc1. The number of hydrogen-bond donors (Lipinski definition) is 1. The lowest BCUT2D eigenvalue weighted by atomic mass is 10.1. The minimum atomic E-state index is -0.360. The van der Waals surface area contributed by atoms with Gasteiger partial charge in [0.25, 0.3) is 0 Å². The Bertz CT molecular complexity index is 746. The molecule has 2 amide bonds. The van der Waals surface area contributed by atoms with Crippen molar-refractivity contribution in [1.82, 2.24) is 4.90 Å². The van der Waals surface area contributed by atoms with Gasteiger partial charge in [0.15, 0.2) is 0 Å². The zero-order valence-corrected chi connectivity index (χ0v) is 14.5. The number of rotatable bonds is 4. The third-order valence-corrected chi connectivity index (χ3v) is 4.54. The molecule has 0 bridgehead atoms. The van der Waals surface area contributed by atoms with Gasteiger partial charge in [0, 0.05) is 18.8 Å². The fraction of sp³-hybridized carbons (Fsp3) is 0.300. The fourth-order valence-corrected chi connectivity index (χ4v) is 3.09. The topological polar surface area (TPSA) is 58.6 Å². The number of nitrogens with one attached hydrogen (secondary N) is 1. The summed E-state index contributed by atoms with van der Waals surface area (Å²) in [6, 6.07) is 15.0. The van der Waals surface area contributed by atoms with Gasteiger partial charge in [-0.25, -0.2) is 9.59 Å². The largest absolute Gasteiger partial charge is 0.462 e. The fourth-order valence-electron chi connectivity index (χ4n) is 3.09. The Kier molecular flexibility index (Phi) is 5.03. The van der Waals surface area contributed by atoms with Crippen LogP contribution in [0.15, 0.2) is 48.5 Å². The molecule has 5 nitrogen and oxygen atoms in total. The number of esters is 1. The Morgan fingerprint density at radius 3 is 2.24 bits per heavy atom. The Hall–Kier alpha value is -2.82. The molecule has 0 saturated heterocycles. The third-order valence-electron chi connectivity index (χ3n) is 4.54. The first kappa shape index (κ1) is 17.0. The lowest BCUT2D eigenvalue weighted by Crippen LogP contribution is -2.40. The molecule has 3 rings (SSSR count). The van der Waals surface area contributed by atoms with E-state index in [1.807, 2.05) is 19.2 Å². The minimum absolute atomic E-state index is 0.151. The van der Waals surface area contributed by atoms with Crippen LogP contribution >= 0.6 is 0 Å². The number of amides is 2. The maximum Gasteiger partial charge on any atom is 0.338 e. The van der Waals surface area contributed by atoms with Gasteiger partial charge in [-0.2, -0.15) is 0 Å². The third kappa shape index (κ3) is 3.82. The molecule has 25 heavy (non-hydrogen) atoms. The highest BCUT2D eigenvalue weighted by Gasteiger charge is 2.27. The second-order valence-corrected chi connectivity index (χ2v) is 6.17. The summed E-state index contributed by atoms with van der Waals surface area (Å²) < 4.78 is 4.95. The normalized spacial score (nSPS) is 13.2. The summed E-state index contributed by atoms with van der Waals surface area (Å²) in [6.45, 7) is 2.11. The molecule has 1 aliphatic carbocycles. The molecular weight excluding hydrogens is 316 g/mol. The number of carbonyl (C=O) groups excluding carboxylic acids is 2. The van der Waals surface area contributed by atoms with Crippen molar-refractivity contribution in [1.29, 1.82) is 0 Å². The number of hydrogen-bond acceptors (Lipinski definition) is 3. The van der Waals surface area contributed by atoms with Gasteiger partial charge < -0.3 is 15.0 Å². The van der Waals surface area contributed by atoms with Crippen molar-refractivity contribution in [3.63, 3.8) is 0 Å². The van der Waals surface area contributed by atoms with Crippen molar-refractivity contribution in [2.75, 3.05) is 19.0 Å². The van der Waals surface area contributed by atoms with E-state index in [1.165, 1.54) is 11.1 Å². The van der Waals surface area contributed by atoms with Crippen molar-refractivity contribution in [2.24, 2.45) is 0 Å². The average Bonchev–Trinajstić information content (AvgIpc) is 3.06. The number of fused-ring (bicyclic) bond motifs is 1. The lowest BCUT2D eigenvalue weighted by Gasteiger charge is -2.24. The zero-order valence-electron chi connectivity index (χ0n) is 14.5. The molecule has 0 radical (unpaired) electrons. The van der Waals surface area contributed by atoms with Crippen LogP contribution in [0.25, 0.3) is 0 Å². The zero-order chi connectivity index (χ0) is 17.8. The molecule has 0 fully saturated rings. The van der Waals surface area contributed by atoms with E-state index in [0.29, 0.717) is 17.9 Å². The van der Waals surface area contributed by atoms with Gasteiger partial charge in [-0.1, -0.05) is 24.3 Å². The summed E-state index contributed by atoms with van der Waals surface area (Å²) in [5, 5.41) is 2.88. The molecular formula is C20H22N2O3. The van der Waals surface area contributed by atoms with Gasteiger partial charge in [0.2, 0.25) is 0 Å². The standard InChI is InChI=1S/C20H22N2O3/c1-3-25-19(23)14-8-10-17(11-9-14)21-20(24)22(2)18-12-15-6-4-5-7-16(15)13-18/h4-11,18H,3,12-13H2,1-2H3,(H,21,24). The van der Waals surface area contributed by atoms with E-state index in [2.05, 4.69) is 17.4 Å². The first-order valence-electron chi connectivity index (χ1n) is 8.46. The van der Waals surface area contributed by atoms with Crippen LogP contribution in [0.5, 0.6) is 0 Å². The Morgan fingerprint density at radius 2 is 1.68 bits per heavy atom. The van der Waals surface area contributed by atoms with Crippen LogP contribution in [0.2, 0.25) is 0 Å². The van der Waals surface area contributed by atoms with Gasteiger partial charge in [-0.05, 0) is 55.2 Å². The summed E-state index contributed by atoms with van der Waals surface area (Å²) in [5.41, 5.74) is 3.75. The van der Waals surface area contributed by atoms with Crippen LogP contribution in [0.3, 0.4) is 0 Å². The van der Waals surface area contributed by atoms with Crippen LogP contribution in [-0.4, -0.2) is 36.6 Å². The van der Waals surface area contributed by atoms with E-state index in [1.54, 1.807) is 36.1 Å². The van der Waals surface area contributed by atoms with E-state index >= 15 is 0 Å². The number of likely N-dealkylation sites (N-methyl/N-ethyl adjacent to an activating group) is 1. The molecule has 0 heterocycles. The lowest BCUT2D eigenvalue weighted by molar-refractivity contribution is 0.0526. The Balaban J connectivity index is 1.60. The van der Waals surface area contributed by atoms with Gasteiger partial charge in [-0.3, -0.25) is 0 Å².